The number of nitrogens with zero attached hydrogens (tertiary/aromatic N) is 1. The van der Waals surface area contributed by atoms with Crippen LogP contribution in [-0.4, -0.2) is 46.8 Å². The Morgan fingerprint density at radius 1 is 1.03 bits per heavy atom. The zero-order valence-electron chi connectivity index (χ0n) is 19.5. The van der Waals surface area contributed by atoms with E-state index in [1.807, 2.05) is 36.4 Å². The maximum absolute atomic E-state index is 13.0. The lowest BCUT2D eigenvalue weighted by atomic mass is 9.95. The van der Waals surface area contributed by atoms with E-state index < -0.39 is 0 Å². The highest BCUT2D eigenvalue weighted by molar-refractivity contribution is 5.87. The van der Waals surface area contributed by atoms with Crippen molar-refractivity contribution < 1.29 is 14.6 Å². The molecule has 1 aliphatic carbocycles. The minimum Gasteiger partial charge on any atom is -0.506 e. The van der Waals surface area contributed by atoms with E-state index in [1.165, 1.54) is 38.2 Å². The molecule has 1 heterocycles. The van der Waals surface area contributed by atoms with Crippen LogP contribution >= 0.6 is 0 Å². The summed E-state index contributed by atoms with van der Waals surface area (Å²) in [6.45, 7) is 1.97. The summed E-state index contributed by atoms with van der Waals surface area (Å²) in [7, 11) is 0. The fraction of sp³-hybridized carbons (Fsp3) is 0.407. The third-order valence-electron chi connectivity index (χ3n) is 6.50. The molecule has 0 aliphatic heterocycles. The van der Waals surface area contributed by atoms with E-state index in [4.69, 9.17) is 4.74 Å². The number of amides is 1. The van der Waals surface area contributed by atoms with Gasteiger partial charge in [-0.15, -0.1) is 0 Å². The Bertz CT molecular complexity index is 1140. The van der Waals surface area contributed by atoms with Crippen LogP contribution in [0.15, 0.2) is 59.4 Å². The van der Waals surface area contributed by atoms with E-state index >= 15 is 0 Å². The molecule has 0 atom stereocenters. The van der Waals surface area contributed by atoms with Gasteiger partial charge in [0.15, 0.2) is 0 Å². The van der Waals surface area contributed by atoms with Gasteiger partial charge in [0.25, 0.3) is 0 Å². The minimum atomic E-state index is -0.342. The summed E-state index contributed by atoms with van der Waals surface area (Å²) in [6, 6.07) is 16.8. The van der Waals surface area contributed by atoms with Gasteiger partial charge in [0.05, 0.1) is 5.52 Å². The number of fused-ring (bicyclic) bond motifs is 1. The summed E-state index contributed by atoms with van der Waals surface area (Å²) in [6.07, 6.45) is 6.44. The molecule has 4 rings (SSSR count). The molecule has 7 heteroatoms. The van der Waals surface area contributed by atoms with Crippen LogP contribution < -0.4 is 10.9 Å². The predicted molar refractivity (Wildman–Crippen MR) is 133 cm³/mol. The smallest absolute Gasteiger partial charge is 0.410 e. The van der Waals surface area contributed by atoms with Gasteiger partial charge in [0.1, 0.15) is 12.4 Å². The fourth-order valence-corrected chi connectivity index (χ4v) is 4.59. The van der Waals surface area contributed by atoms with Crippen molar-refractivity contribution in [2.45, 2.75) is 51.2 Å². The first-order valence-corrected chi connectivity index (χ1v) is 12.1. The van der Waals surface area contributed by atoms with Gasteiger partial charge in [-0.3, -0.25) is 4.79 Å². The second kappa shape index (κ2) is 11.7. The Labute approximate surface area is 199 Å². The summed E-state index contributed by atoms with van der Waals surface area (Å²) in [4.78, 5) is 29.1. The van der Waals surface area contributed by atoms with Crippen LogP contribution in [0.4, 0.5) is 4.79 Å². The number of pyridine rings is 1. The lowest BCUT2D eigenvalue weighted by Crippen LogP contribution is -2.41. The van der Waals surface area contributed by atoms with Crippen molar-refractivity contribution in [3.05, 3.63) is 76.1 Å². The number of nitrogens with one attached hydrogen (secondary N) is 2. The molecule has 1 aliphatic rings. The van der Waals surface area contributed by atoms with Crippen molar-refractivity contribution >= 4 is 17.0 Å². The van der Waals surface area contributed by atoms with Crippen molar-refractivity contribution in [2.75, 3.05) is 19.6 Å². The molecule has 34 heavy (non-hydrogen) atoms. The van der Waals surface area contributed by atoms with Crippen molar-refractivity contribution in [1.29, 1.82) is 0 Å². The van der Waals surface area contributed by atoms with Crippen LogP contribution in [0.1, 0.15) is 43.2 Å². The molecule has 7 nitrogen and oxygen atoms in total. The van der Waals surface area contributed by atoms with E-state index in [9.17, 15) is 14.7 Å². The Hall–Kier alpha value is -3.32. The first kappa shape index (κ1) is 23.8. The van der Waals surface area contributed by atoms with E-state index in [2.05, 4.69) is 10.3 Å². The quantitative estimate of drug-likeness (QED) is 0.439. The van der Waals surface area contributed by atoms with Gasteiger partial charge in [0, 0.05) is 37.1 Å². The standard InChI is InChI=1S/C27H33N3O4/c31-24-13-11-21(23-12-14-25(32)29-26(23)24)15-17-30(18-16-28-22-9-5-2-6-10-22)27(33)34-19-20-7-3-1-4-8-20/h1,3-4,7-8,11-14,22,28,31H,2,5-6,9-10,15-19H2,(H,29,32). The van der Waals surface area contributed by atoms with Gasteiger partial charge < -0.3 is 25.0 Å². The third kappa shape index (κ3) is 6.38. The van der Waals surface area contributed by atoms with Crippen LogP contribution in [-0.2, 0) is 17.8 Å². The zero-order chi connectivity index (χ0) is 23.8. The van der Waals surface area contributed by atoms with Crippen LogP contribution in [0.25, 0.3) is 10.9 Å². The number of phenolic OH excluding ortho intramolecular Hbond substituents is 1. The normalized spacial score (nSPS) is 14.2. The van der Waals surface area contributed by atoms with Gasteiger partial charge in [-0.2, -0.15) is 0 Å². The number of carbonyl (C=O) groups is 1. The first-order chi connectivity index (χ1) is 16.6. The van der Waals surface area contributed by atoms with Crippen LogP contribution in [0.3, 0.4) is 0 Å². The second-order valence-corrected chi connectivity index (χ2v) is 8.92. The predicted octanol–water partition coefficient (Wildman–Crippen LogP) is 4.34. The van der Waals surface area contributed by atoms with Crippen molar-refractivity contribution in [3.63, 3.8) is 0 Å². The molecule has 180 valence electrons. The number of carbonyl (C=O) groups excluding carboxylic acids is 1. The van der Waals surface area contributed by atoms with Crippen LogP contribution in [0.2, 0.25) is 0 Å². The van der Waals surface area contributed by atoms with Gasteiger partial charge in [-0.1, -0.05) is 55.7 Å². The van der Waals surface area contributed by atoms with Gasteiger partial charge in [-0.25, -0.2) is 4.79 Å². The molecule has 0 spiro atoms. The Kier molecular flexibility index (Phi) is 8.20. The summed E-state index contributed by atoms with van der Waals surface area (Å²) in [5.41, 5.74) is 2.05. The monoisotopic (exact) mass is 463 g/mol. The number of aromatic nitrogens is 1. The number of benzene rings is 2. The summed E-state index contributed by atoms with van der Waals surface area (Å²) in [5, 5.41) is 14.5. The lowest BCUT2D eigenvalue weighted by molar-refractivity contribution is 0.0963. The van der Waals surface area contributed by atoms with Crippen LogP contribution in [0.5, 0.6) is 5.75 Å². The van der Waals surface area contributed by atoms with Crippen molar-refractivity contribution in [1.82, 2.24) is 15.2 Å². The SMILES string of the molecule is O=C(OCc1ccccc1)N(CCNC1CCCCC1)CCc1ccc(O)c2[nH]c(=O)ccc12. The average molecular weight is 464 g/mol. The van der Waals surface area contributed by atoms with E-state index in [0.717, 1.165) is 23.1 Å². The number of hydrogen-bond acceptors (Lipinski definition) is 5. The summed E-state index contributed by atoms with van der Waals surface area (Å²) >= 11 is 0. The molecule has 0 bridgehead atoms. The third-order valence-corrected chi connectivity index (χ3v) is 6.50. The van der Waals surface area contributed by atoms with Crippen molar-refractivity contribution in [2.24, 2.45) is 0 Å². The molecule has 0 radical (unpaired) electrons. The lowest BCUT2D eigenvalue weighted by Gasteiger charge is -2.26. The molecule has 1 aromatic heterocycles. The average Bonchev–Trinajstić information content (AvgIpc) is 2.87. The molecule has 2 aromatic carbocycles. The topological polar surface area (TPSA) is 94.7 Å². The minimum absolute atomic E-state index is 0.0345. The molecule has 0 unspecified atom stereocenters. The largest absolute Gasteiger partial charge is 0.506 e. The molecule has 1 amide bonds. The molecular formula is C27H33N3O4. The number of rotatable bonds is 9. The number of aromatic hydroxyl groups is 1. The van der Waals surface area contributed by atoms with E-state index in [1.54, 1.807) is 17.0 Å². The maximum atomic E-state index is 13.0. The molecule has 1 fully saturated rings. The second-order valence-electron chi connectivity index (χ2n) is 8.92. The summed E-state index contributed by atoms with van der Waals surface area (Å²) < 4.78 is 5.62. The number of phenols is 1. The first-order valence-electron chi connectivity index (χ1n) is 12.1. The van der Waals surface area contributed by atoms with Gasteiger partial charge >= 0.3 is 6.09 Å². The maximum Gasteiger partial charge on any atom is 0.410 e. The number of aromatic amines is 1. The fourth-order valence-electron chi connectivity index (χ4n) is 4.59. The summed E-state index contributed by atoms with van der Waals surface area (Å²) in [5.74, 6) is 0.0345. The van der Waals surface area contributed by atoms with E-state index in [-0.39, 0.29) is 24.0 Å². The molecular weight excluding hydrogens is 430 g/mol. The van der Waals surface area contributed by atoms with Gasteiger partial charge in [0.2, 0.25) is 5.56 Å². The zero-order valence-corrected chi connectivity index (χ0v) is 19.5. The Balaban J connectivity index is 1.42. The number of ether oxygens (including phenoxy) is 1. The molecule has 0 saturated heterocycles. The van der Waals surface area contributed by atoms with E-state index in [0.29, 0.717) is 31.1 Å². The Morgan fingerprint density at radius 3 is 2.62 bits per heavy atom. The highest BCUT2D eigenvalue weighted by Crippen LogP contribution is 2.25. The van der Waals surface area contributed by atoms with Crippen LogP contribution in [0, 0.1) is 0 Å². The Morgan fingerprint density at radius 2 is 1.82 bits per heavy atom. The number of H-pyrrole nitrogens is 1. The number of hydrogen-bond donors (Lipinski definition) is 3. The van der Waals surface area contributed by atoms with Gasteiger partial charge in [-0.05, 0) is 42.5 Å². The molecule has 1 saturated carbocycles. The van der Waals surface area contributed by atoms with Crippen molar-refractivity contribution in [3.8, 4) is 5.75 Å². The highest BCUT2D eigenvalue weighted by Gasteiger charge is 2.18. The highest BCUT2D eigenvalue weighted by atomic mass is 16.6. The molecule has 3 N–H and O–H groups in total. The molecule has 3 aromatic rings.